The van der Waals surface area contributed by atoms with Crippen LogP contribution in [0, 0.1) is 0 Å². The van der Waals surface area contributed by atoms with Crippen molar-refractivity contribution in [2.75, 3.05) is 0 Å². The van der Waals surface area contributed by atoms with E-state index in [9.17, 15) is 112 Å². The van der Waals surface area contributed by atoms with E-state index >= 15 is 0 Å². The number of phenolic OH excluding ortho intramolecular Hbond substituents is 22. The van der Waals surface area contributed by atoms with Crippen LogP contribution in [-0.2, 0) is 0 Å². The van der Waals surface area contributed by atoms with E-state index < -0.39 is 225 Å². The summed E-state index contributed by atoms with van der Waals surface area (Å²) in [6.45, 7) is 0. The van der Waals surface area contributed by atoms with Crippen molar-refractivity contribution >= 4 is 96.3 Å². The largest absolute Gasteiger partial charge is 0.508 e. The van der Waals surface area contributed by atoms with Crippen molar-refractivity contribution in [2.24, 2.45) is 0 Å². The molecule has 0 spiro atoms. The first-order valence-electron chi connectivity index (χ1n) is 17.8. The quantitative estimate of drug-likeness (QED) is 0.0480. The highest BCUT2D eigenvalue weighted by molar-refractivity contribution is 6.51. The molecule has 326 valence electrons. The lowest BCUT2D eigenvalue weighted by Gasteiger charge is -2.26. The molecular weight excluding hydrogens is 876 g/mol. The van der Waals surface area contributed by atoms with E-state index in [4.69, 9.17) is 31.4 Å². The maximum atomic E-state index is 11.9. The molecule has 22 nitrogen and oxygen atoms in total. The first kappa shape index (κ1) is 43.3. The molecule has 8 aromatic rings. The Balaban J connectivity index is 1.68. The molecule has 0 unspecified atom stereocenters. The van der Waals surface area contributed by atoms with Gasteiger partial charge in [-0.05, 0) is 21.8 Å². The molecule has 0 aliphatic rings. The van der Waals surface area contributed by atoms with Gasteiger partial charge in [-0.25, -0.2) is 0 Å². The normalized spacial score (nSPS) is 11.7. The fraction of sp³-hybridized carbons (Fsp3) is 0. The summed E-state index contributed by atoms with van der Waals surface area (Å²) in [5, 5.41) is 236. The van der Waals surface area contributed by atoms with Gasteiger partial charge >= 0.3 is 0 Å². The van der Waals surface area contributed by atoms with Gasteiger partial charge in [0.15, 0.2) is 97.7 Å². The molecule has 66 heavy (non-hydrogen) atoms. The molecule has 0 atom stereocenters. The highest BCUT2D eigenvalue weighted by atomic mass is 16.4. The van der Waals surface area contributed by atoms with Crippen molar-refractivity contribution < 1.29 is 112 Å². The zero-order chi connectivity index (χ0) is 49.1. The molecular formula is C40H22B4O22. The van der Waals surface area contributed by atoms with Gasteiger partial charge in [0.05, 0.1) is 16.5 Å². The maximum absolute atomic E-state index is 11.9. The summed E-state index contributed by atoms with van der Waals surface area (Å²) in [7, 11) is 24.2. The Morgan fingerprint density at radius 3 is 0.833 bits per heavy atom. The fourth-order valence-corrected chi connectivity index (χ4v) is 8.23. The third-order valence-electron chi connectivity index (χ3n) is 11.3. The first-order chi connectivity index (χ1) is 30.7. The van der Waals surface area contributed by atoms with Gasteiger partial charge in [-0.3, -0.25) is 0 Å². The predicted molar refractivity (Wildman–Crippen MR) is 231 cm³/mol. The van der Waals surface area contributed by atoms with Gasteiger partial charge in [-0.1, -0.05) is 5.46 Å². The second kappa shape index (κ2) is 13.6. The molecule has 26 heteroatoms. The summed E-state index contributed by atoms with van der Waals surface area (Å²) in [4.78, 5) is 0. The molecule has 8 rings (SSSR count). The average molecular weight is 898 g/mol. The van der Waals surface area contributed by atoms with Crippen LogP contribution in [0.2, 0.25) is 0 Å². The number of rotatable bonds is 3. The SMILES string of the molecule is [B]c1c(O)c(O)c2c(-c3c(O)c(O)c(-c4c(O)c(O)c5c(O)c(O)c(O)c(O)c5c4[B])c(O)c3O)c3c(O)c(O)c(O)c(O)c3c(-c3c(O)c(O)c([B])c4c(O)c(O)c(O)c([B])c34)c2c1O. The minimum absolute atomic E-state index is 0.904. The standard InChI is InChI=1S/C40H22B4O22/c41-15-10(24(50)29(55)14-11(15)26(52)39(65)40(66)32(14)58)13-30(56)27(53)12(28(54)31(13)57)2-7-5(19(45)18(44)35(61)21(7)47)1(6-8(2)23(49)38(64)37(63)22(6)48)4-3-9(17(43)33(59)20(4)46)25(51)36(62)34(60)16(3)42/h45-66H. The van der Waals surface area contributed by atoms with E-state index in [1.165, 1.54) is 0 Å². The number of benzene rings is 8. The lowest BCUT2D eigenvalue weighted by molar-refractivity contribution is 0.349. The van der Waals surface area contributed by atoms with Gasteiger partial charge in [-0.2, -0.15) is 0 Å². The molecule has 0 bridgehead atoms. The number of phenols is 22. The smallest absolute Gasteiger partial charge is 0.205 e. The molecule has 0 fully saturated rings. The highest BCUT2D eigenvalue weighted by Crippen LogP contribution is 2.66. The topological polar surface area (TPSA) is 445 Å². The first-order valence-corrected chi connectivity index (χ1v) is 17.8. The molecule has 22 N–H and O–H groups in total. The zero-order valence-corrected chi connectivity index (χ0v) is 32.1. The van der Waals surface area contributed by atoms with Crippen molar-refractivity contribution in [1.82, 2.24) is 0 Å². The van der Waals surface area contributed by atoms with Gasteiger partial charge in [0.1, 0.15) is 37.1 Å². The van der Waals surface area contributed by atoms with Crippen molar-refractivity contribution in [3.8, 4) is 160 Å². The fourth-order valence-electron chi connectivity index (χ4n) is 8.23. The molecule has 8 aromatic carbocycles. The molecule has 0 saturated carbocycles. The van der Waals surface area contributed by atoms with Gasteiger partial charge in [0.25, 0.3) is 0 Å². The van der Waals surface area contributed by atoms with E-state index in [0.717, 1.165) is 0 Å². The van der Waals surface area contributed by atoms with Gasteiger partial charge in [-0.15, -0.1) is 0 Å². The third kappa shape index (κ3) is 4.93. The van der Waals surface area contributed by atoms with E-state index in [1.54, 1.807) is 0 Å². The zero-order valence-electron chi connectivity index (χ0n) is 32.1. The Kier molecular flexibility index (Phi) is 8.91. The Labute approximate surface area is 367 Å². The van der Waals surface area contributed by atoms with Crippen molar-refractivity contribution in [3.05, 3.63) is 0 Å². The van der Waals surface area contributed by atoms with Crippen LogP contribution in [-0.4, -0.2) is 144 Å². The Morgan fingerprint density at radius 2 is 0.379 bits per heavy atom. The highest BCUT2D eigenvalue weighted by Gasteiger charge is 2.39. The van der Waals surface area contributed by atoms with Crippen molar-refractivity contribution in [3.63, 3.8) is 0 Å². The summed E-state index contributed by atoms with van der Waals surface area (Å²) in [6.07, 6.45) is 0. The summed E-state index contributed by atoms with van der Waals surface area (Å²) in [6, 6.07) is 0. The van der Waals surface area contributed by atoms with Crippen LogP contribution in [0.5, 0.6) is 126 Å². The molecule has 0 heterocycles. The summed E-state index contributed by atoms with van der Waals surface area (Å²) < 4.78 is 0. The number of hydrogen-bond donors (Lipinski definition) is 22. The predicted octanol–water partition coefficient (Wildman–Crippen LogP) is -0.00120. The molecule has 0 aliphatic heterocycles. The van der Waals surface area contributed by atoms with E-state index in [2.05, 4.69) is 0 Å². The number of aromatic hydroxyl groups is 22. The lowest BCUT2D eigenvalue weighted by atomic mass is 9.74. The number of hydrogen-bond acceptors (Lipinski definition) is 22. The van der Waals surface area contributed by atoms with E-state index in [0.29, 0.717) is 0 Å². The third-order valence-corrected chi connectivity index (χ3v) is 11.3. The van der Waals surface area contributed by atoms with E-state index in [1.807, 2.05) is 0 Å². The van der Waals surface area contributed by atoms with Crippen molar-refractivity contribution in [2.45, 2.75) is 0 Å². The Bertz CT molecular complexity index is 3550. The van der Waals surface area contributed by atoms with Crippen molar-refractivity contribution in [1.29, 1.82) is 0 Å². The van der Waals surface area contributed by atoms with Crippen LogP contribution in [0.15, 0.2) is 0 Å². The monoisotopic (exact) mass is 898 g/mol. The van der Waals surface area contributed by atoms with Crippen LogP contribution in [0.4, 0.5) is 0 Å². The molecule has 0 aliphatic carbocycles. The molecule has 0 amide bonds. The average Bonchev–Trinajstić information content (AvgIpc) is 3.28. The summed E-state index contributed by atoms with van der Waals surface area (Å²) >= 11 is 0. The maximum Gasteiger partial charge on any atom is 0.205 e. The van der Waals surface area contributed by atoms with Crippen LogP contribution >= 0.6 is 0 Å². The molecule has 0 aromatic heterocycles. The number of fused-ring (bicyclic) bond motifs is 4. The van der Waals surface area contributed by atoms with Crippen LogP contribution in [0.25, 0.3) is 76.5 Å². The van der Waals surface area contributed by atoms with Crippen LogP contribution in [0.1, 0.15) is 0 Å². The summed E-state index contributed by atoms with van der Waals surface area (Å²) in [5.41, 5.74) is -11.9. The summed E-state index contributed by atoms with van der Waals surface area (Å²) in [5.74, 6) is -33.8. The minimum Gasteiger partial charge on any atom is -0.508 e. The van der Waals surface area contributed by atoms with Crippen LogP contribution in [0.3, 0.4) is 0 Å². The Hall–Kier alpha value is -9.34. The Morgan fingerprint density at radius 1 is 0.136 bits per heavy atom. The van der Waals surface area contributed by atoms with Gasteiger partial charge in [0.2, 0.25) is 23.0 Å². The lowest BCUT2D eigenvalue weighted by Crippen LogP contribution is -2.15. The second-order valence-corrected chi connectivity index (χ2v) is 14.6. The van der Waals surface area contributed by atoms with E-state index in [-0.39, 0.29) is 0 Å². The second-order valence-electron chi connectivity index (χ2n) is 14.6. The van der Waals surface area contributed by atoms with Gasteiger partial charge in [0, 0.05) is 54.6 Å². The van der Waals surface area contributed by atoms with Crippen LogP contribution < -0.4 is 21.9 Å². The minimum atomic E-state index is -1.77. The van der Waals surface area contributed by atoms with Gasteiger partial charge < -0.3 is 112 Å². The molecule has 8 radical (unpaired) electrons. The molecule has 0 saturated heterocycles.